The van der Waals surface area contributed by atoms with E-state index in [4.69, 9.17) is 9.47 Å². The van der Waals surface area contributed by atoms with Gasteiger partial charge in [-0.25, -0.2) is 0 Å². The smallest absolute Gasteiger partial charge is 0.307 e. The maximum absolute atomic E-state index is 11.3. The predicted molar refractivity (Wildman–Crippen MR) is 70.3 cm³/mol. The molecule has 2 heterocycles. The average Bonchev–Trinajstić information content (AvgIpc) is 3.02. The summed E-state index contributed by atoms with van der Waals surface area (Å²) >= 11 is 0. The van der Waals surface area contributed by atoms with Crippen LogP contribution in [0.3, 0.4) is 0 Å². The molecule has 0 bridgehead atoms. The fourth-order valence-electron chi connectivity index (χ4n) is 3.07. The van der Waals surface area contributed by atoms with E-state index in [9.17, 15) is 4.79 Å². The third-order valence-corrected chi connectivity index (χ3v) is 4.13. The van der Waals surface area contributed by atoms with Crippen LogP contribution < -0.4 is 0 Å². The number of aryl methyl sites for hydroxylation is 2. The molecule has 1 fully saturated rings. The molecule has 0 aromatic carbocycles. The highest BCUT2D eigenvalue weighted by molar-refractivity contribution is 5.69. The fraction of sp³-hybridized carbons (Fsp3) is 0.714. The first kappa shape index (κ1) is 13.6. The Morgan fingerprint density at radius 3 is 2.90 bits per heavy atom. The van der Waals surface area contributed by atoms with Crippen LogP contribution in [0.2, 0.25) is 0 Å². The average molecular weight is 280 g/mol. The summed E-state index contributed by atoms with van der Waals surface area (Å²) in [5.74, 6) is -0.643. The summed E-state index contributed by atoms with van der Waals surface area (Å²) in [5.41, 5.74) is 3.42. The molecule has 6 heteroatoms. The summed E-state index contributed by atoms with van der Waals surface area (Å²) in [4.78, 5) is 11.3. The number of ether oxygens (including phenoxy) is 3. The molecule has 1 aromatic heterocycles. The highest BCUT2D eigenvalue weighted by Gasteiger charge is 2.41. The molecule has 1 aromatic rings. The van der Waals surface area contributed by atoms with Crippen LogP contribution >= 0.6 is 0 Å². The summed E-state index contributed by atoms with van der Waals surface area (Å²) in [6, 6.07) is 0. The van der Waals surface area contributed by atoms with Crippen molar-refractivity contribution in [1.82, 2.24) is 9.78 Å². The molecule has 1 saturated heterocycles. The van der Waals surface area contributed by atoms with Crippen LogP contribution in [-0.2, 0) is 38.4 Å². The minimum atomic E-state index is -0.437. The van der Waals surface area contributed by atoms with Crippen molar-refractivity contribution in [3.05, 3.63) is 17.0 Å². The van der Waals surface area contributed by atoms with Crippen LogP contribution in [0.5, 0.6) is 0 Å². The second kappa shape index (κ2) is 5.18. The third-order valence-electron chi connectivity index (χ3n) is 4.13. The second-order valence-electron chi connectivity index (χ2n) is 5.34. The molecular formula is C14H20N2O4. The Kier molecular flexibility index (Phi) is 3.52. The molecule has 1 aliphatic carbocycles. The van der Waals surface area contributed by atoms with E-state index >= 15 is 0 Å². The zero-order valence-electron chi connectivity index (χ0n) is 12.0. The van der Waals surface area contributed by atoms with Gasteiger partial charge in [-0.1, -0.05) is 0 Å². The van der Waals surface area contributed by atoms with E-state index in [1.807, 2.05) is 11.6 Å². The first-order chi connectivity index (χ1) is 9.63. The van der Waals surface area contributed by atoms with Crippen LogP contribution in [0.4, 0.5) is 0 Å². The SMILES string of the molecule is COC(=O)CCn1nc(C)c2c1CCC1(C2)OCCO1. The first-order valence-corrected chi connectivity index (χ1v) is 7.03. The van der Waals surface area contributed by atoms with Crippen molar-refractivity contribution in [3.8, 4) is 0 Å². The number of esters is 1. The summed E-state index contributed by atoms with van der Waals surface area (Å²) in [5, 5.41) is 4.55. The minimum absolute atomic E-state index is 0.207. The Balaban J connectivity index is 1.78. The number of aromatic nitrogens is 2. The normalized spacial score (nSPS) is 20.1. The third kappa shape index (κ3) is 2.33. The first-order valence-electron chi connectivity index (χ1n) is 7.03. The maximum atomic E-state index is 11.3. The molecule has 1 spiro atoms. The van der Waals surface area contributed by atoms with Crippen LogP contribution in [0.25, 0.3) is 0 Å². The molecule has 2 aliphatic rings. The number of carbonyl (C=O) groups is 1. The molecule has 1 aliphatic heterocycles. The Morgan fingerprint density at radius 2 is 2.20 bits per heavy atom. The standard InChI is InChI=1S/C14H20N2O4/c1-10-11-9-14(19-7-8-20-14)5-3-12(11)16(15-10)6-4-13(17)18-2/h3-9H2,1-2H3. The van der Waals surface area contributed by atoms with Crippen molar-refractivity contribution in [3.63, 3.8) is 0 Å². The molecule has 0 atom stereocenters. The second-order valence-corrected chi connectivity index (χ2v) is 5.34. The summed E-state index contributed by atoms with van der Waals surface area (Å²) in [6.07, 6.45) is 2.83. The lowest BCUT2D eigenvalue weighted by Crippen LogP contribution is -2.37. The Hall–Kier alpha value is -1.40. The maximum Gasteiger partial charge on any atom is 0.307 e. The van der Waals surface area contributed by atoms with Gasteiger partial charge in [-0.2, -0.15) is 5.10 Å². The van der Waals surface area contributed by atoms with E-state index in [1.54, 1.807) is 0 Å². The Morgan fingerprint density at radius 1 is 1.45 bits per heavy atom. The number of hydrogen-bond acceptors (Lipinski definition) is 5. The molecule has 0 radical (unpaired) electrons. The van der Waals surface area contributed by atoms with Gasteiger partial charge < -0.3 is 14.2 Å². The zero-order valence-corrected chi connectivity index (χ0v) is 12.0. The summed E-state index contributed by atoms with van der Waals surface area (Å²) < 4.78 is 18.2. The van der Waals surface area contributed by atoms with Crippen LogP contribution in [0.1, 0.15) is 29.8 Å². The highest BCUT2D eigenvalue weighted by Crippen LogP contribution is 2.36. The van der Waals surface area contributed by atoms with Gasteiger partial charge in [-0.3, -0.25) is 9.48 Å². The Labute approximate surface area is 118 Å². The van der Waals surface area contributed by atoms with Crippen molar-refractivity contribution in [1.29, 1.82) is 0 Å². The van der Waals surface area contributed by atoms with E-state index in [-0.39, 0.29) is 5.97 Å². The number of hydrogen-bond donors (Lipinski definition) is 0. The molecule has 0 N–H and O–H groups in total. The van der Waals surface area contributed by atoms with Gasteiger partial charge in [-0.05, 0) is 13.3 Å². The number of methoxy groups -OCH3 is 1. The highest BCUT2D eigenvalue weighted by atomic mass is 16.7. The summed E-state index contributed by atoms with van der Waals surface area (Å²) in [7, 11) is 1.41. The molecule has 110 valence electrons. The molecule has 3 rings (SSSR count). The minimum Gasteiger partial charge on any atom is -0.469 e. The van der Waals surface area contributed by atoms with Crippen molar-refractivity contribution in [2.75, 3.05) is 20.3 Å². The van der Waals surface area contributed by atoms with Crippen LogP contribution in [0.15, 0.2) is 0 Å². The van der Waals surface area contributed by atoms with Gasteiger partial charge in [0, 0.05) is 24.1 Å². The topological polar surface area (TPSA) is 62.6 Å². The number of fused-ring (bicyclic) bond motifs is 1. The van der Waals surface area contributed by atoms with E-state index in [0.717, 1.165) is 25.0 Å². The predicted octanol–water partition coefficient (Wildman–Crippen LogP) is 0.986. The lowest BCUT2D eigenvalue weighted by atomic mass is 9.90. The number of rotatable bonds is 3. The molecule has 6 nitrogen and oxygen atoms in total. The van der Waals surface area contributed by atoms with Crippen molar-refractivity contribution >= 4 is 5.97 Å². The zero-order chi connectivity index (χ0) is 14.2. The number of nitrogens with zero attached hydrogens (tertiary/aromatic N) is 2. The molecule has 0 saturated carbocycles. The van der Waals surface area contributed by atoms with E-state index in [2.05, 4.69) is 9.84 Å². The fourth-order valence-corrected chi connectivity index (χ4v) is 3.07. The van der Waals surface area contributed by atoms with Gasteiger partial charge in [0.25, 0.3) is 0 Å². The molecular weight excluding hydrogens is 260 g/mol. The van der Waals surface area contributed by atoms with E-state index in [1.165, 1.54) is 18.4 Å². The van der Waals surface area contributed by atoms with Gasteiger partial charge in [0.1, 0.15) is 0 Å². The van der Waals surface area contributed by atoms with E-state index < -0.39 is 5.79 Å². The van der Waals surface area contributed by atoms with Crippen LogP contribution in [0, 0.1) is 6.92 Å². The van der Waals surface area contributed by atoms with Crippen molar-refractivity contribution in [2.24, 2.45) is 0 Å². The van der Waals surface area contributed by atoms with Crippen LogP contribution in [-0.4, -0.2) is 41.9 Å². The molecule has 0 amide bonds. The number of carbonyl (C=O) groups excluding carboxylic acids is 1. The molecule has 0 unspecified atom stereocenters. The van der Waals surface area contributed by atoms with Crippen molar-refractivity contribution in [2.45, 2.75) is 44.9 Å². The summed E-state index contributed by atoms with van der Waals surface area (Å²) in [6.45, 7) is 3.91. The lowest BCUT2D eigenvalue weighted by molar-refractivity contribution is -0.164. The monoisotopic (exact) mass is 280 g/mol. The quantitative estimate of drug-likeness (QED) is 0.773. The van der Waals surface area contributed by atoms with Crippen molar-refractivity contribution < 1.29 is 19.0 Å². The van der Waals surface area contributed by atoms with Gasteiger partial charge in [0.05, 0.1) is 39.0 Å². The lowest BCUT2D eigenvalue weighted by Gasteiger charge is -2.31. The Bertz CT molecular complexity index is 517. The van der Waals surface area contributed by atoms with Gasteiger partial charge in [0.15, 0.2) is 5.79 Å². The largest absolute Gasteiger partial charge is 0.469 e. The molecule has 20 heavy (non-hydrogen) atoms. The van der Waals surface area contributed by atoms with Gasteiger partial charge in [0.2, 0.25) is 0 Å². The van der Waals surface area contributed by atoms with Gasteiger partial charge >= 0.3 is 5.97 Å². The van der Waals surface area contributed by atoms with Gasteiger partial charge in [-0.15, -0.1) is 0 Å². The van der Waals surface area contributed by atoms with E-state index in [0.29, 0.717) is 26.2 Å².